The van der Waals surface area contributed by atoms with Gasteiger partial charge in [0.2, 0.25) is 5.91 Å². The summed E-state index contributed by atoms with van der Waals surface area (Å²) < 4.78 is 2.01. The van der Waals surface area contributed by atoms with Crippen molar-refractivity contribution in [2.75, 3.05) is 27.2 Å². The van der Waals surface area contributed by atoms with Crippen LogP contribution in [0.4, 0.5) is 0 Å². The molecule has 1 aromatic heterocycles. The lowest BCUT2D eigenvalue weighted by Crippen LogP contribution is -2.47. The third kappa shape index (κ3) is 5.01. The highest BCUT2D eigenvalue weighted by atomic mass is 16.2. The van der Waals surface area contributed by atoms with Crippen molar-refractivity contribution in [2.24, 2.45) is 10.4 Å². The van der Waals surface area contributed by atoms with E-state index in [0.717, 1.165) is 18.8 Å². The number of amides is 1. The minimum Gasteiger partial charge on any atom is -0.359 e. The third-order valence-electron chi connectivity index (χ3n) is 3.42. The third-order valence-corrected chi connectivity index (χ3v) is 3.42. The molecule has 0 radical (unpaired) electrons. The second kappa shape index (κ2) is 8.35. The Morgan fingerprint density at radius 3 is 2.73 bits per heavy atom. The number of carbonyl (C=O) groups is 1. The molecule has 1 aromatic rings. The molecule has 8 heteroatoms. The van der Waals surface area contributed by atoms with Crippen molar-refractivity contribution < 1.29 is 4.79 Å². The molecule has 1 amide bonds. The number of hydrogen-bond acceptors (Lipinski definition) is 4. The van der Waals surface area contributed by atoms with Crippen molar-refractivity contribution in [1.29, 1.82) is 0 Å². The second-order valence-electron chi connectivity index (χ2n) is 5.61. The van der Waals surface area contributed by atoms with Gasteiger partial charge in [0.15, 0.2) is 5.96 Å². The molecular formula is C14H27N7O. The molecule has 0 unspecified atom stereocenters. The molecular weight excluding hydrogens is 282 g/mol. The molecule has 0 aromatic carbocycles. The summed E-state index contributed by atoms with van der Waals surface area (Å²) in [5, 5.41) is 17.0. The number of guanidine groups is 1. The highest BCUT2D eigenvalue weighted by molar-refractivity contribution is 5.84. The van der Waals surface area contributed by atoms with Gasteiger partial charge in [0, 0.05) is 40.2 Å². The monoisotopic (exact) mass is 309 g/mol. The Morgan fingerprint density at radius 1 is 1.41 bits per heavy atom. The van der Waals surface area contributed by atoms with E-state index in [1.165, 1.54) is 0 Å². The highest BCUT2D eigenvalue weighted by Gasteiger charge is 2.26. The fourth-order valence-corrected chi connectivity index (χ4v) is 1.98. The van der Waals surface area contributed by atoms with Crippen LogP contribution in [0.5, 0.6) is 0 Å². The quantitative estimate of drug-likeness (QED) is 0.478. The second-order valence-corrected chi connectivity index (χ2v) is 5.61. The largest absolute Gasteiger partial charge is 0.359 e. The van der Waals surface area contributed by atoms with Gasteiger partial charge in [-0.3, -0.25) is 9.79 Å². The Hall–Kier alpha value is -2.12. The van der Waals surface area contributed by atoms with E-state index in [0.29, 0.717) is 19.0 Å². The smallest absolute Gasteiger partial charge is 0.227 e. The van der Waals surface area contributed by atoms with Crippen LogP contribution in [0.1, 0.15) is 26.6 Å². The van der Waals surface area contributed by atoms with Crippen LogP contribution < -0.4 is 16.0 Å². The summed E-state index contributed by atoms with van der Waals surface area (Å²) in [6.07, 6.45) is 2.58. The van der Waals surface area contributed by atoms with Crippen molar-refractivity contribution in [3.63, 3.8) is 0 Å². The lowest BCUT2D eigenvalue weighted by Gasteiger charge is -2.24. The summed E-state index contributed by atoms with van der Waals surface area (Å²) in [7, 11) is 3.35. The van der Waals surface area contributed by atoms with E-state index in [1.807, 2.05) is 18.4 Å². The SMILES string of the molecule is CCc1nncn1CCNC(=NC)NCC(C)(C)C(=O)NC. The normalized spacial score (nSPS) is 12.1. The van der Waals surface area contributed by atoms with Gasteiger partial charge < -0.3 is 20.5 Å². The van der Waals surface area contributed by atoms with Gasteiger partial charge in [-0.25, -0.2) is 0 Å². The Morgan fingerprint density at radius 2 is 2.14 bits per heavy atom. The van der Waals surface area contributed by atoms with Gasteiger partial charge in [-0.15, -0.1) is 10.2 Å². The van der Waals surface area contributed by atoms with E-state index in [2.05, 4.69) is 38.1 Å². The van der Waals surface area contributed by atoms with Crippen molar-refractivity contribution in [2.45, 2.75) is 33.7 Å². The standard InChI is InChI=1S/C14H27N7O/c1-6-11-20-19-10-21(11)8-7-17-13(16-5)18-9-14(2,3)12(22)15-4/h10H,6-9H2,1-5H3,(H,15,22)(H2,16,17,18). The minimum atomic E-state index is -0.504. The molecule has 0 atom stereocenters. The topological polar surface area (TPSA) is 96.2 Å². The van der Waals surface area contributed by atoms with Gasteiger partial charge >= 0.3 is 0 Å². The highest BCUT2D eigenvalue weighted by Crippen LogP contribution is 2.12. The summed E-state index contributed by atoms with van der Waals surface area (Å²) in [5.41, 5.74) is -0.504. The van der Waals surface area contributed by atoms with Crippen LogP contribution in [-0.4, -0.2) is 53.8 Å². The van der Waals surface area contributed by atoms with Crippen LogP contribution in [-0.2, 0) is 17.8 Å². The van der Waals surface area contributed by atoms with Crippen molar-refractivity contribution in [3.8, 4) is 0 Å². The molecule has 0 aliphatic carbocycles. The van der Waals surface area contributed by atoms with Crippen molar-refractivity contribution in [1.82, 2.24) is 30.7 Å². The number of aryl methyl sites for hydroxylation is 1. The van der Waals surface area contributed by atoms with Gasteiger partial charge in [0.25, 0.3) is 0 Å². The number of nitrogens with one attached hydrogen (secondary N) is 3. The van der Waals surface area contributed by atoms with Crippen LogP contribution in [0, 0.1) is 5.41 Å². The molecule has 0 saturated heterocycles. The lowest BCUT2D eigenvalue weighted by atomic mass is 9.92. The number of rotatable bonds is 7. The Labute approximate surface area is 131 Å². The van der Waals surface area contributed by atoms with E-state index in [9.17, 15) is 4.79 Å². The maximum Gasteiger partial charge on any atom is 0.227 e. The fourth-order valence-electron chi connectivity index (χ4n) is 1.98. The molecule has 0 aliphatic rings. The van der Waals surface area contributed by atoms with Crippen LogP contribution in [0.25, 0.3) is 0 Å². The lowest BCUT2D eigenvalue weighted by molar-refractivity contribution is -0.128. The average Bonchev–Trinajstić information content (AvgIpc) is 2.97. The molecule has 0 aliphatic heterocycles. The summed E-state index contributed by atoms with van der Waals surface area (Å²) >= 11 is 0. The number of hydrogen-bond donors (Lipinski definition) is 3. The van der Waals surface area contributed by atoms with Gasteiger partial charge in [-0.1, -0.05) is 6.92 Å². The summed E-state index contributed by atoms with van der Waals surface area (Å²) in [6.45, 7) is 7.78. The molecule has 3 N–H and O–H groups in total. The fraction of sp³-hybridized carbons (Fsp3) is 0.714. The van der Waals surface area contributed by atoms with E-state index in [-0.39, 0.29) is 5.91 Å². The molecule has 1 rings (SSSR count). The predicted octanol–water partition coefficient (Wildman–Crippen LogP) is -0.222. The van der Waals surface area contributed by atoms with Gasteiger partial charge in [0.05, 0.1) is 5.41 Å². The van der Waals surface area contributed by atoms with Gasteiger partial charge in [-0.2, -0.15) is 0 Å². The zero-order chi connectivity index (χ0) is 16.6. The number of nitrogens with zero attached hydrogens (tertiary/aromatic N) is 4. The first kappa shape index (κ1) is 17.9. The maximum atomic E-state index is 11.7. The molecule has 0 bridgehead atoms. The Kier molecular flexibility index (Phi) is 6.81. The minimum absolute atomic E-state index is 0.00692. The van der Waals surface area contributed by atoms with E-state index >= 15 is 0 Å². The average molecular weight is 309 g/mol. The number of aliphatic imine (C=N–C) groups is 1. The number of aromatic nitrogens is 3. The maximum absolute atomic E-state index is 11.7. The van der Waals surface area contributed by atoms with Gasteiger partial charge in [0.1, 0.15) is 12.2 Å². The van der Waals surface area contributed by atoms with Gasteiger partial charge in [-0.05, 0) is 13.8 Å². The first-order chi connectivity index (χ1) is 10.4. The summed E-state index contributed by atoms with van der Waals surface area (Å²) in [6, 6.07) is 0. The van der Waals surface area contributed by atoms with E-state index in [1.54, 1.807) is 20.4 Å². The summed E-state index contributed by atoms with van der Waals surface area (Å²) in [4.78, 5) is 15.9. The van der Waals surface area contributed by atoms with Crippen molar-refractivity contribution >= 4 is 11.9 Å². The first-order valence-electron chi connectivity index (χ1n) is 7.48. The zero-order valence-electron chi connectivity index (χ0n) is 14.1. The number of carbonyl (C=O) groups excluding carboxylic acids is 1. The Balaban J connectivity index is 2.42. The molecule has 0 spiro atoms. The zero-order valence-corrected chi connectivity index (χ0v) is 14.1. The van der Waals surface area contributed by atoms with Crippen LogP contribution >= 0.6 is 0 Å². The molecule has 8 nitrogen and oxygen atoms in total. The van der Waals surface area contributed by atoms with Crippen LogP contribution in [0.3, 0.4) is 0 Å². The van der Waals surface area contributed by atoms with Crippen LogP contribution in [0.2, 0.25) is 0 Å². The van der Waals surface area contributed by atoms with E-state index in [4.69, 9.17) is 0 Å². The molecule has 124 valence electrons. The van der Waals surface area contributed by atoms with E-state index < -0.39 is 5.41 Å². The van der Waals surface area contributed by atoms with Crippen LogP contribution in [0.15, 0.2) is 11.3 Å². The van der Waals surface area contributed by atoms with Crippen molar-refractivity contribution in [3.05, 3.63) is 12.2 Å². The Bertz CT molecular complexity index is 507. The summed E-state index contributed by atoms with van der Waals surface area (Å²) in [5.74, 6) is 1.63. The molecule has 22 heavy (non-hydrogen) atoms. The molecule has 1 heterocycles. The molecule has 0 fully saturated rings. The predicted molar refractivity (Wildman–Crippen MR) is 86.6 cm³/mol. The molecule has 0 saturated carbocycles. The first-order valence-corrected chi connectivity index (χ1v) is 7.48.